The minimum absolute atomic E-state index is 0.0971. The SMILES string of the molecule is CCCCCCCNC(=O)CNC(CC)c1ccccc1. The van der Waals surface area contributed by atoms with Gasteiger partial charge in [0.2, 0.25) is 5.91 Å². The Labute approximate surface area is 129 Å². The third-order valence-corrected chi connectivity index (χ3v) is 3.72. The number of carbonyl (C=O) groups is 1. The molecule has 1 amide bonds. The van der Waals surface area contributed by atoms with Crippen molar-refractivity contribution in [3.63, 3.8) is 0 Å². The average molecular weight is 290 g/mol. The van der Waals surface area contributed by atoms with E-state index in [4.69, 9.17) is 0 Å². The van der Waals surface area contributed by atoms with Gasteiger partial charge in [-0.25, -0.2) is 0 Å². The van der Waals surface area contributed by atoms with Crippen molar-refractivity contribution >= 4 is 5.91 Å². The Morgan fingerprint density at radius 2 is 1.76 bits per heavy atom. The molecule has 0 aliphatic heterocycles. The van der Waals surface area contributed by atoms with Crippen LogP contribution in [0.2, 0.25) is 0 Å². The Morgan fingerprint density at radius 1 is 1.05 bits per heavy atom. The van der Waals surface area contributed by atoms with Crippen LogP contribution in [-0.2, 0) is 4.79 Å². The Balaban J connectivity index is 2.16. The summed E-state index contributed by atoms with van der Waals surface area (Å²) in [4.78, 5) is 11.8. The summed E-state index contributed by atoms with van der Waals surface area (Å²) in [5.74, 6) is 0.0971. The van der Waals surface area contributed by atoms with E-state index in [0.717, 1.165) is 19.4 Å². The number of carbonyl (C=O) groups excluding carboxylic acids is 1. The summed E-state index contributed by atoms with van der Waals surface area (Å²) in [5.41, 5.74) is 1.24. The number of hydrogen-bond acceptors (Lipinski definition) is 2. The van der Waals surface area contributed by atoms with Crippen LogP contribution in [0.25, 0.3) is 0 Å². The van der Waals surface area contributed by atoms with Crippen LogP contribution in [0.4, 0.5) is 0 Å². The van der Waals surface area contributed by atoms with Crippen molar-refractivity contribution in [2.45, 2.75) is 58.4 Å². The van der Waals surface area contributed by atoms with Gasteiger partial charge in [0, 0.05) is 12.6 Å². The Kier molecular flexibility index (Phi) is 9.55. The van der Waals surface area contributed by atoms with Gasteiger partial charge in [-0.15, -0.1) is 0 Å². The molecule has 0 aliphatic carbocycles. The zero-order chi connectivity index (χ0) is 15.3. The van der Waals surface area contributed by atoms with Gasteiger partial charge >= 0.3 is 0 Å². The van der Waals surface area contributed by atoms with E-state index in [1.54, 1.807) is 0 Å². The molecule has 1 unspecified atom stereocenters. The quantitative estimate of drug-likeness (QED) is 0.608. The maximum atomic E-state index is 11.8. The molecular formula is C18H30N2O. The Bertz CT molecular complexity index is 378. The number of nitrogens with one attached hydrogen (secondary N) is 2. The third kappa shape index (κ3) is 7.86. The maximum absolute atomic E-state index is 11.8. The topological polar surface area (TPSA) is 41.1 Å². The highest BCUT2D eigenvalue weighted by Gasteiger charge is 2.09. The fraction of sp³-hybridized carbons (Fsp3) is 0.611. The second-order valence-electron chi connectivity index (χ2n) is 5.52. The van der Waals surface area contributed by atoms with E-state index in [9.17, 15) is 4.79 Å². The first-order valence-electron chi connectivity index (χ1n) is 8.33. The summed E-state index contributed by atoms with van der Waals surface area (Å²) in [5, 5.41) is 6.32. The van der Waals surface area contributed by atoms with Crippen LogP contribution in [0, 0.1) is 0 Å². The van der Waals surface area contributed by atoms with Gasteiger partial charge in [-0.1, -0.05) is 69.9 Å². The molecule has 0 aromatic heterocycles. The number of amides is 1. The van der Waals surface area contributed by atoms with E-state index < -0.39 is 0 Å². The van der Waals surface area contributed by atoms with Crippen molar-refractivity contribution in [2.75, 3.05) is 13.1 Å². The van der Waals surface area contributed by atoms with Gasteiger partial charge in [-0.2, -0.15) is 0 Å². The van der Waals surface area contributed by atoms with E-state index in [0.29, 0.717) is 6.54 Å². The maximum Gasteiger partial charge on any atom is 0.233 e. The molecule has 1 rings (SSSR count). The van der Waals surface area contributed by atoms with Crippen LogP contribution in [0.3, 0.4) is 0 Å². The van der Waals surface area contributed by atoms with Gasteiger partial charge in [-0.05, 0) is 18.4 Å². The minimum atomic E-state index is 0.0971. The van der Waals surface area contributed by atoms with Crippen LogP contribution < -0.4 is 10.6 Å². The molecule has 0 spiro atoms. The van der Waals surface area contributed by atoms with Crippen LogP contribution in [0.5, 0.6) is 0 Å². The van der Waals surface area contributed by atoms with Gasteiger partial charge in [0.15, 0.2) is 0 Å². The first-order valence-corrected chi connectivity index (χ1v) is 8.33. The second-order valence-corrected chi connectivity index (χ2v) is 5.52. The third-order valence-electron chi connectivity index (χ3n) is 3.72. The summed E-state index contributed by atoms with van der Waals surface area (Å²) >= 11 is 0. The predicted molar refractivity (Wildman–Crippen MR) is 89.2 cm³/mol. The predicted octanol–water partition coefficient (Wildman–Crippen LogP) is 3.81. The summed E-state index contributed by atoms with van der Waals surface area (Å²) in [6.45, 7) is 5.54. The largest absolute Gasteiger partial charge is 0.355 e. The fourth-order valence-corrected chi connectivity index (χ4v) is 2.42. The van der Waals surface area contributed by atoms with Crippen molar-refractivity contribution in [3.8, 4) is 0 Å². The molecule has 0 saturated carbocycles. The normalized spacial score (nSPS) is 12.1. The number of rotatable bonds is 11. The van der Waals surface area contributed by atoms with Crippen LogP contribution in [0.1, 0.15) is 64.0 Å². The monoisotopic (exact) mass is 290 g/mol. The Morgan fingerprint density at radius 3 is 2.43 bits per heavy atom. The molecule has 118 valence electrons. The van der Waals surface area contributed by atoms with Gasteiger partial charge in [0.05, 0.1) is 6.54 Å². The molecule has 0 saturated heterocycles. The number of unbranched alkanes of at least 4 members (excludes halogenated alkanes) is 4. The molecule has 0 bridgehead atoms. The van der Waals surface area contributed by atoms with E-state index >= 15 is 0 Å². The molecule has 3 heteroatoms. The first kappa shape index (κ1) is 17.7. The van der Waals surface area contributed by atoms with Crippen molar-refractivity contribution in [1.82, 2.24) is 10.6 Å². The lowest BCUT2D eigenvalue weighted by molar-refractivity contribution is -0.120. The summed E-state index contributed by atoms with van der Waals surface area (Å²) in [6, 6.07) is 10.6. The van der Waals surface area contributed by atoms with E-state index in [1.807, 2.05) is 18.2 Å². The van der Waals surface area contributed by atoms with Gasteiger partial charge < -0.3 is 10.6 Å². The van der Waals surface area contributed by atoms with Crippen molar-refractivity contribution in [2.24, 2.45) is 0 Å². The minimum Gasteiger partial charge on any atom is -0.355 e. The first-order chi connectivity index (χ1) is 10.3. The van der Waals surface area contributed by atoms with Crippen molar-refractivity contribution < 1.29 is 4.79 Å². The van der Waals surface area contributed by atoms with Gasteiger partial charge in [0.1, 0.15) is 0 Å². The smallest absolute Gasteiger partial charge is 0.233 e. The molecule has 0 fully saturated rings. The average Bonchev–Trinajstić information content (AvgIpc) is 2.52. The molecular weight excluding hydrogens is 260 g/mol. The number of benzene rings is 1. The lowest BCUT2D eigenvalue weighted by Gasteiger charge is -2.17. The molecule has 3 nitrogen and oxygen atoms in total. The molecule has 1 aromatic carbocycles. The lowest BCUT2D eigenvalue weighted by Crippen LogP contribution is -2.36. The summed E-state index contributed by atoms with van der Waals surface area (Å²) < 4.78 is 0. The highest BCUT2D eigenvalue weighted by Crippen LogP contribution is 2.15. The van der Waals surface area contributed by atoms with Crippen LogP contribution in [-0.4, -0.2) is 19.0 Å². The summed E-state index contributed by atoms with van der Waals surface area (Å²) in [6.07, 6.45) is 7.11. The standard InChI is InChI=1S/C18H30N2O/c1-3-5-6-7-11-14-19-18(21)15-20-17(4-2)16-12-9-8-10-13-16/h8-10,12-13,17,20H,3-7,11,14-15H2,1-2H3,(H,19,21). The molecule has 1 aromatic rings. The molecule has 1 atom stereocenters. The highest BCUT2D eigenvalue weighted by atomic mass is 16.1. The zero-order valence-corrected chi connectivity index (χ0v) is 13.5. The van der Waals surface area contributed by atoms with Crippen LogP contribution in [0.15, 0.2) is 30.3 Å². The van der Waals surface area contributed by atoms with E-state index in [2.05, 4.69) is 36.6 Å². The van der Waals surface area contributed by atoms with E-state index in [-0.39, 0.29) is 11.9 Å². The molecule has 0 aliphatic rings. The summed E-state index contributed by atoms with van der Waals surface area (Å²) in [7, 11) is 0. The molecule has 0 heterocycles. The van der Waals surface area contributed by atoms with Gasteiger partial charge in [0.25, 0.3) is 0 Å². The molecule has 0 radical (unpaired) electrons. The van der Waals surface area contributed by atoms with Crippen molar-refractivity contribution in [1.29, 1.82) is 0 Å². The van der Waals surface area contributed by atoms with Crippen LogP contribution >= 0.6 is 0 Å². The number of hydrogen-bond donors (Lipinski definition) is 2. The van der Waals surface area contributed by atoms with E-state index in [1.165, 1.54) is 31.2 Å². The molecule has 2 N–H and O–H groups in total. The highest BCUT2D eigenvalue weighted by molar-refractivity contribution is 5.77. The lowest BCUT2D eigenvalue weighted by atomic mass is 10.0. The molecule has 21 heavy (non-hydrogen) atoms. The van der Waals surface area contributed by atoms with Gasteiger partial charge in [-0.3, -0.25) is 4.79 Å². The fourth-order valence-electron chi connectivity index (χ4n) is 2.42. The van der Waals surface area contributed by atoms with Crippen molar-refractivity contribution in [3.05, 3.63) is 35.9 Å². The Hall–Kier alpha value is -1.35. The second kappa shape index (κ2) is 11.3. The zero-order valence-electron chi connectivity index (χ0n) is 13.5.